The van der Waals surface area contributed by atoms with E-state index in [-0.39, 0.29) is 11.8 Å². The number of hydrogen-bond acceptors (Lipinski definition) is 5. The van der Waals surface area contributed by atoms with Gasteiger partial charge in [0.1, 0.15) is 0 Å². The second kappa shape index (κ2) is 9.43. The predicted octanol–water partition coefficient (Wildman–Crippen LogP) is 2.81. The number of pyridine rings is 1. The highest BCUT2D eigenvalue weighted by Crippen LogP contribution is 2.19. The summed E-state index contributed by atoms with van der Waals surface area (Å²) in [6.45, 7) is 6.68. The third-order valence-corrected chi connectivity index (χ3v) is 4.60. The number of aromatic nitrogens is 2. The normalized spacial score (nSPS) is 11.2. The first-order chi connectivity index (χ1) is 12.4. The van der Waals surface area contributed by atoms with Crippen LogP contribution < -0.4 is 10.6 Å². The van der Waals surface area contributed by atoms with Crippen LogP contribution in [0, 0.1) is 5.41 Å². The molecule has 0 bridgehead atoms. The lowest BCUT2D eigenvalue weighted by molar-refractivity contribution is -0.128. The van der Waals surface area contributed by atoms with Crippen molar-refractivity contribution in [1.82, 2.24) is 20.6 Å². The lowest BCUT2D eigenvalue weighted by atomic mass is 9.96. The molecule has 26 heavy (non-hydrogen) atoms. The van der Waals surface area contributed by atoms with E-state index >= 15 is 0 Å². The van der Waals surface area contributed by atoms with Crippen LogP contribution >= 0.6 is 11.3 Å². The van der Waals surface area contributed by atoms with E-state index in [1.807, 2.05) is 44.4 Å². The fraction of sp³-hybridized carbons (Fsp3) is 0.474. The summed E-state index contributed by atoms with van der Waals surface area (Å²) in [4.78, 5) is 32.4. The number of rotatable bonds is 8. The topological polar surface area (TPSA) is 84.0 Å². The molecule has 7 heteroatoms. The van der Waals surface area contributed by atoms with Gasteiger partial charge in [0.15, 0.2) is 0 Å². The maximum absolute atomic E-state index is 11.9. The van der Waals surface area contributed by atoms with Gasteiger partial charge in [0.25, 0.3) is 0 Å². The minimum absolute atomic E-state index is 0.00323. The molecular formula is C19H26N4O2S. The largest absolute Gasteiger partial charge is 0.356 e. The van der Waals surface area contributed by atoms with Crippen molar-refractivity contribution in [3.63, 3.8) is 0 Å². The molecule has 0 aliphatic heterocycles. The molecule has 140 valence electrons. The molecule has 0 aliphatic rings. The first kappa shape index (κ1) is 20.0. The molecule has 0 saturated carbocycles. The first-order valence-electron chi connectivity index (χ1n) is 8.77. The van der Waals surface area contributed by atoms with E-state index in [0.29, 0.717) is 32.4 Å². The monoisotopic (exact) mass is 374 g/mol. The number of nitrogens with one attached hydrogen (secondary N) is 2. The molecule has 0 aromatic carbocycles. The van der Waals surface area contributed by atoms with E-state index in [2.05, 4.69) is 20.6 Å². The first-order valence-corrected chi connectivity index (χ1v) is 9.65. The summed E-state index contributed by atoms with van der Waals surface area (Å²) in [5.41, 5.74) is 1.33. The molecule has 0 spiro atoms. The van der Waals surface area contributed by atoms with Crippen molar-refractivity contribution in [2.45, 2.75) is 40.0 Å². The molecule has 2 aromatic heterocycles. The summed E-state index contributed by atoms with van der Waals surface area (Å²) in [5, 5.41) is 8.70. The summed E-state index contributed by atoms with van der Waals surface area (Å²) in [5.74, 6) is 0.00176. The van der Waals surface area contributed by atoms with Gasteiger partial charge in [-0.1, -0.05) is 26.8 Å². The highest BCUT2D eigenvalue weighted by atomic mass is 32.1. The van der Waals surface area contributed by atoms with Gasteiger partial charge in [0.2, 0.25) is 11.8 Å². The predicted molar refractivity (Wildman–Crippen MR) is 104 cm³/mol. The number of carbonyl (C=O) groups excluding carboxylic acids is 2. The van der Waals surface area contributed by atoms with Crippen molar-refractivity contribution in [2.24, 2.45) is 5.41 Å². The second-order valence-corrected chi connectivity index (χ2v) is 7.99. The average Bonchev–Trinajstić information content (AvgIpc) is 3.07. The highest BCUT2D eigenvalue weighted by molar-refractivity contribution is 7.09. The van der Waals surface area contributed by atoms with Crippen LogP contribution in [0.5, 0.6) is 0 Å². The third-order valence-electron chi connectivity index (χ3n) is 3.69. The minimum atomic E-state index is -0.399. The lowest BCUT2D eigenvalue weighted by Crippen LogP contribution is -2.35. The summed E-state index contributed by atoms with van der Waals surface area (Å²) < 4.78 is 0. The molecule has 0 atom stereocenters. The molecule has 0 fully saturated rings. The van der Waals surface area contributed by atoms with Crippen LogP contribution in [0.2, 0.25) is 0 Å². The Morgan fingerprint density at radius 1 is 1.12 bits per heavy atom. The molecule has 0 unspecified atom stereocenters. The van der Waals surface area contributed by atoms with Crippen molar-refractivity contribution in [3.05, 3.63) is 34.8 Å². The number of thiazole rings is 1. The summed E-state index contributed by atoms with van der Waals surface area (Å²) >= 11 is 1.57. The molecular weight excluding hydrogens is 348 g/mol. The molecule has 2 N–H and O–H groups in total. The van der Waals surface area contributed by atoms with Crippen molar-refractivity contribution < 1.29 is 9.59 Å². The average molecular weight is 375 g/mol. The van der Waals surface area contributed by atoms with Crippen LogP contribution in [-0.4, -0.2) is 34.9 Å². The van der Waals surface area contributed by atoms with E-state index in [9.17, 15) is 9.59 Å². The van der Waals surface area contributed by atoms with Crippen LogP contribution in [-0.2, 0) is 16.0 Å². The van der Waals surface area contributed by atoms with Gasteiger partial charge >= 0.3 is 0 Å². The van der Waals surface area contributed by atoms with Crippen LogP contribution in [0.4, 0.5) is 0 Å². The molecule has 2 rings (SSSR count). The zero-order valence-corrected chi connectivity index (χ0v) is 16.4. The quantitative estimate of drug-likeness (QED) is 0.696. The molecule has 0 saturated heterocycles. The van der Waals surface area contributed by atoms with Gasteiger partial charge < -0.3 is 10.6 Å². The summed E-state index contributed by atoms with van der Waals surface area (Å²) in [7, 11) is 0. The highest BCUT2D eigenvalue weighted by Gasteiger charge is 2.20. The molecule has 6 nitrogen and oxygen atoms in total. The van der Waals surface area contributed by atoms with Gasteiger partial charge in [-0.2, -0.15) is 0 Å². The smallest absolute Gasteiger partial charge is 0.225 e. The van der Waals surface area contributed by atoms with Crippen molar-refractivity contribution in [1.29, 1.82) is 0 Å². The number of carbonyl (C=O) groups is 2. The fourth-order valence-corrected chi connectivity index (χ4v) is 2.96. The van der Waals surface area contributed by atoms with Gasteiger partial charge in [0.05, 0.1) is 16.4 Å². The standard InChI is InChI=1S/C19H26N4O2S/c1-19(2,3)18(25)22-11-6-8-16(24)21-12-9-17-23-15(13-26-17)14-7-4-5-10-20-14/h4-5,7,10,13H,6,8-9,11-12H2,1-3H3,(H,21,24)(H,22,25). The van der Waals surface area contributed by atoms with Crippen molar-refractivity contribution in [2.75, 3.05) is 13.1 Å². The lowest BCUT2D eigenvalue weighted by Gasteiger charge is -2.17. The molecule has 0 radical (unpaired) electrons. The van der Waals surface area contributed by atoms with E-state index in [1.54, 1.807) is 17.5 Å². The Kier molecular flexibility index (Phi) is 7.26. The van der Waals surface area contributed by atoms with Crippen molar-refractivity contribution in [3.8, 4) is 11.4 Å². The van der Waals surface area contributed by atoms with Crippen LogP contribution in [0.15, 0.2) is 29.8 Å². The zero-order chi connectivity index (χ0) is 19.0. The molecule has 2 aromatic rings. The number of hydrogen-bond donors (Lipinski definition) is 2. The van der Waals surface area contributed by atoms with E-state index in [0.717, 1.165) is 16.4 Å². The minimum Gasteiger partial charge on any atom is -0.356 e. The van der Waals surface area contributed by atoms with E-state index < -0.39 is 5.41 Å². The van der Waals surface area contributed by atoms with E-state index in [4.69, 9.17) is 0 Å². The Balaban J connectivity index is 1.63. The van der Waals surface area contributed by atoms with Gasteiger partial charge in [-0.15, -0.1) is 11.3 Å². The molecule has 0 aliphatic carbocycles. The van der Waals surface area contributed by atoms with Crippen LogP contribution in [0.3, 0.4) is 0 Å². The maximum atomic E-state index is 11.9. The van der Waals surface area contributed by atoms with Crippen LogP contribution in [0.25, 0.3) is 11.4 Å². The molecule has 2 amide bonds. The Bertz CT molecular complexity index is 723. The summed E-state index contributed by atoms with van der Waals surface area (Å²) in [6.07, 6.45) is 3.48. The van der Waals surface area contributed by atoms with Gasteiger partial charge in [-0.3, -0.25) is 14.6 Å². The Hall–Kier alpha value is -2.28. The third kappa shape index (κ3) is 6.55. The zero-order valence-electron chi connectivity index (χ0n) is 15.5. The Morgan fingerprint density at radius 2 is 1.92 bits per heavy atom. The number of amides is 2. The maximum Gasteiger partial charge on any atom is 0.225 e. The molecule has 2 heterocycles. The number of nitrogens with zero attached hydrogens (tertiary/aromatic N) is 2. The van der Waals surface area contributed by atoms with Crippen molar-refractivity contribution >= 4 is 23.2 Å². The Morgan fingerprint density at radius 3 is 2.62 bits per heavy atom. The van der Waals surface area contributed by atoms with Gasteiger partial charge in [-0.05, 0) is 18.6 Å². The second-order valence-electron chi connectivity index (χ2n) is 7.05. The Labute approximate surface area is 158 Å². The summed E-state index contributed by atoms with van der Waals surface area (Å²) in [6, 6.07) is 5.74. The van der Waals surface area contributed by atoms with E-state index in [1.165, 1.54) is 0 Å². The van der Waals surface area contributed by atoms with Gasteiger partial charge in [0, 0.05) is 42.9 Å². The van der Waals surface area contributed by atoms with Gasteiger partial charge in [-0.25, -0.2) is 4.98 Å². The fourth-order valence-electron chi connectivity index (χ4n) is 2.17. The SMILES string of the molecule is CC(C)(C)C(=O)NCCCC(=O)NCCc1nc(-c2ccccn2)cs1. The van der Waals surface area contributed by atoms with Crippen LogP contribution in [0.1, 0.15) is 38.6 Å².